The summed E-state index contributed by atoms with van der Waals surface area (Å²) < 4.78 is 19.6. The van der Waals surface area contributed by atoms with Gasteiger partial charge in [-0.2, -0.15) is 0 Å². The maximum absolute atomic E-state index is 14.0. The molecule has 0 spiro atoms. The van der Waals surface area contributed by atoms with Crippen molar-refractivity contribution < 1.29 is 9.13 Å². The van der Waals surface area contributed by atoms with E-state index < -0.39 is 0 Å². The molecule has 0 heterocycles. The third kappa shape index (κ3) is 4.30. The average molecular weight is 287 g/mol. The first-order chi connectivity index (χ1) is 10.2. The second-order valence-corrected chi connectivity index (χ2v) is 4.97. The number of benzene rings is 2. The van der Waals surface area contributed by atoms with E-state index in [0.717, 1.165) is 36.4 Å². The summed E-state index contributed by atoms with van der Waals surface area (Å²) in [5.74, 6) is 0.627. The van der Waals surface area contributed by atoms with Gasteiger partial charge in [0, 0.05) is 12.1 Å². The first-order valence-corrected chi connectivity index (χ1v) is 7.47. The lowest BCUT2D eigenvalue weighted by Crippen LogP contribution is -2.11. The molecule has 0 unspecified atom stereocenters. The molecule has 0 bridgehead atoms. The molecule has 2 aromatic rings. The third-order valence-corrected chi connectivity index (χ3v) is 3.25. The summed E-state index contributed by atoms with van der Waals surface area (Å²) in [4.78, 5) is 0. The Kier molecular flexibility index (Phi) is 5.76. The highest BCUT2D eigenvalue weighted by Crippen LogP contribution is 2.26. The third-order valence-electron chi connectivity index (χ3n) is 3.25. The predicted molar refractivity (Wildman–Crippen MR) is 85.0 cm³/mol. The SMILES string of the molecule is CCCOc1ccc(-c2cc(CNCC)ccc2F)cc1. The molecule has 0 aliphatic rings. The molecule has 0 fully saturated rings. The van der Waals surface area contributed by atoms with Crippen LogP contribution < -0.4 is 10.1 Å². The van der Waals surface area contributed by atoms with E-state index in [1.807, 2.05) is 36.4 Å². The monoisotopic (exact) mass is 287 g/mol. The molecule has 0 aliphatic carbocycles. The molecule has 0 radical (unpaired) electrons. The van der Waals surface area contributed by atoms with Crippen LogP contribution in [0.15, 0.2) is 42.5 Å². The van der Waals surface area contributed by atoms with E-state index in [0.29, 0.717) is 12.2 Å². The number of hydrogen-bond acceptors (Lipinski definition) is 2. The van der Waals surface area contributed by atoms with Gasteiger partial charge in [-0.05, 0) is 48.4 Å². The van der Waals surface area contributed by atoms with E-state index in [4.69, 9.17) is 4.74 Å². The number of ether oxygens (including phenoxy) is 1. The second-order valence-electron chi connectivity index (χ2n) is 4.97. The van der Waals surface area contributed by atoms with Gasteiger partial charge in [-0.25, -0.2) is 4.39 Å². The summed E-state index contributed by atoms with van der Waals surface area (Å²) in [5, 5.41) is 3.25. The van der Waals surface area contributed by atoms with Gasteiger partial charge >= 0.3 is 0 Å². The zero-order chi connectivity index (χ0) is 15.1. The van der Waals surface area contributed by atoms with Crippen molar-refractivity contribution in [2.75, 3.05) is 13.2 Å². The molecule has 2 rings (SSSR count). The number of rotatable bonds is 7. The number of nitrogens with one attached hydrogen (secondary N) is 1. The minimum absolute atomic E-state index is 0.197. The fourth-order valence-corrected chi connectivity index (χ4v) is 2.12. The Balaban J connectivity index is 2.19. The zero-order valence-corrected chi connectivity index (χ0v) is 12.7. The van der Waals surface area contributed by atoms with Gasteiger partial charge < -0.3 is 10.1 Å². The summed E-state index contributed by atoms with van der Waals surface area (Å²) in [6.07, 6.45) is 0.975. The molecule has 0 amide bonds. The van der Waals surface area contributed by atoms with Crippen LogP contribution in [0, 0.1) is 5.82 Å². The van der Waals surface area contributed by atoms with Crippen LogP contribution in [0.3, 0.4) is 0 Å². The lowest BCUT2D eigenvalue weighted by atomic mass is 10.0. The van der Waals surface area contributed by atoms with Gasteiger partial charge in [0.25, 0.3) is 0 Å². The Morgan fingerprint density at radius 1 is 1.05 bits per heavy atom. The van der Waals surface area contributed by atoms with Crippen molar-refractivity contribution in [3.63, 3.8) is 0 Å². The van der Waals surface area contributed by atoms with Gasteiger partial charge in [0.15, 0.2) is 0 Å². The molecule has 0 aromatic heterocycles. The highest BCUT2D eigenvalue weighted by Gasteiger charge is 2.06. The smallest absolute Gasteiger partial charge is 0.131 e. The van der Waals surface area contributed by atoms with Crippen molar-refractivity contribution in [1.82, 2.24) is 5.32 Å². The van der Waals surface area contributed by atoms with Crippen molar-refractivity contribution in [2.24, 2.45) is 0 Å². The summed E-state index contributed by atoms with van der Waals surface area (Å²) in [7, 11) is 0. The molecule has 21 heavy (non-hydrogen) atoms. The van der Waals surface area contributed by atoms with Gasteiger partial charge in [-0.15, -0.1) is 0 Å². The van der Waals surface area contributed by atoms with E-state index in [9.17, 15) is 4.39 Å². The quantitative estimate of drug-likeness (QED) is 0.815. The Morgan fingerprint density at radius 3 is 2.48 bits per heavy atom. The Bertz CT molecular complexity index is 566. The molecule has 3 heteroatoms. The van der Waals surface area contributed by atoms with Gasteiger partial charge in [0.05, 0.1) is 6.61 Å². The Morgan fingerprint density at radius 2 is 1.81 bits per heavy atom. The van der Waals surface area contributed by atoms with Crippen LogP contribution in [-0.2, 0) is 6.54 Å². The Hall–Kier alpha value is -1.87. The molecule has 2 aromatic carbocycles. The maximum atomic E-state index is 14.0. The van der Waals surface area contributed by atoms with E-state index in [1.165, 1.54) is 6.07 Å². The van der Waals surface area contributed by atoms with Crippen LogP contribution in [0.2, 0.25) is 0 Å². The fraction of sp³-hybridized carbons (Fsp3) is 0.333. The molecule has 112 valence electrons. The zero-order valence-electron chi connectivity index (χ0n) is 12.7. The Labute approximate surface area is 126 Å². The summed E-state index contributed by atoms with van der Waals surface area (Å²) >= 11 is 0. The van der Waals surface area contributed by atoms with Crippen LogP contribution in [0.1, 0.15) is 25.8 Å². The molecular weight excluding hydrogens is 265 g/mol. The molecule has 0 atom stereocenters. The van der Waals surface area contributed by atoms with Crippen molar-refractivity contribution >= 4 is 0 Å². The van der Waals surface area contributed by atoms with Gasteiger partial charge in [0.2, 0.25) is 0 Å². The molecule has 1 N–H and O–H groups in total. The van der Waals surface area contributed by atoms with Crippen molar-refractivity contribution in [1.29, 1.82) is 0 Å². The predicted octanol–water partition coefficient (Wildman–Crippen LogP) is 4.39. The van der Waals surface area contributed by atoms with E-state index in [-0.39, 0.29) is 5.82 Å². The lowest BCUT2D eigenvalue weighted by Gasteiger charge is -2.09. The van der Waals surface area contributed by atoms with Crippen LogP contribution >= 0.6 is 0 Å². The van der Waals surface area contributed by atoms with Gasteiger partial charge in [-0.3, -0.25) is 0 Å². The molecule has 0 saturated carbocycles. The largest absolute Gasteiger partial charge is 0.494 e. The van der Waals surface area contributed by atoms with Crippen LogP contribution in [0.5, 0.6) is 5.75 Å². The molecular formula is C18H22FNO. The van der Waals surface area contributed by atoms with E-state index in [1.54, 1.807) is 0 Å². The molecule has 0 aliphatic heterocycles. The maximum Gasteiger partial charge on any atom is 0.131 e. The average Bonchev–Trinajstić information content (AvgIpc) is 2.53. The number of hydrogen-bond donors (Lipinski definition) is 1. The summed E-state index contributed by atoms with van der Waals surface area (Å²) in [5.41, 5.74) is 2.58. The lowest BCUT2D eigenvalue weighted by molar-refractivity contribution is 0.317. The minimum Gasteiger partial charge on any atom is -0.494 e. The summed E-state index contributed by atoms with van der Waals surface area (Å²) in [6.45, 7) is 6.47. The van der Waals surface area contributed by atoms with Crippen molar-refractivity contribution in [3.8, 4) is 16.9 Å². The molecule has 2 nitrogen and oxygen atoms in total. The van der Waals surface area contributed by atoms with Crippen molar-refractivity contribution in [3.05, 3.63) is 53.8 Å². The van der Waals surface area contributed by atoms with E-state index in [2.05, 4.69) is 19.2 Å². The van der Waals surface area contributed by atoms with Crippen LogP contribution in [0.4, 0.5) is 4.39 Å². The van der Waals surface area contributed by atoms with Gasteiger partial charge in [-0.1, -0.05) is 32.0 Å². The number of halogens is 1. The highest BCUT2D eigenvalue weighted by atomic mass is 19.1. The highest BCUT2D eigenvalue weighted by molar-refractivity contribution is 5.65. The first kappa shape index (κ1) is 15.5. The van der Waals surface area contributed by atoms with Crippen molar-refractivity contribution in [2.45, 2.75) is 26.8 Å². The second kappa shape index (κ2) is 7.79. The van der Waals surface area contributed by atoms with Gasteiger partial charge in [0.1, 0.15) is 11.6 Å². The first-order valence-electron chi connectivity index (χ1n) is 7.47. The normalized spacial score (nSPS) is 10.6. The van der Waals surface area contributed by atoms with Crippen LogP contribution in [-0.4, -0.2) is 13.2 Å². The van der Waals surface area contributed by atoms with E-state index >= 15 is 0 Å². The molecule has 0 saturated heterocycles. The topological polar surface area (TPSA) is 21.3 Å². The van der Waals surface area contributed by atoms with Crippen LogP contribution in [0.25, 0.3) is 11.1 Å². The summed E-state index contributed by atoms with van der Waals surface area (Å²) in [6, 6.07) is 12.8. The fourth-order valence-electron chi connectivity index (χ4n) is 2.12. The minimum atomic E-state index is -0.197. The standard InChI is InChI=1S/C18H22FNO/c1-3-11-21-16-8-6-15(7-9-16)17-12-14(13-20-4-2)5-10-18(17)19/h5-10,12,20H,3-4,11,13H2,1-2H3.